The van der Waals surface area contributed by atoms with E-state index in [0.717, 1.165) is 12.8 Å². The first kappa shape index (κ1) is 20.6. The van der Waals surface area contributed by atoms with Crippen molar-refractivity contribution >= 4 is 0 Å². The second kappa shape index (κ2) is 9.36. The van der Waals surface area contributed by atoms with Crippen LogP contribution in [-0.2, 0) is 11.8 Å². The summed E-state index contributed by atoms with van der Waals surface area (Å²) in [6, 6.07) is 21.4. The van der Waals surface area contributed by atoms with Gasteiger partial charge in [0.25, 0.3) is 0 Å². The first-order valence-electron chi connectivity index (χ1n) is 10.3. The molecule has 0 heterocycles. The highest BCUT2D eigenvalue weighted by atomic mass is 16.3. The maximum absolute atomic E-state index is 11.8. The van der Waals surface area contributed by atoms with Crippen molar-refractivity contribution in [3.05, 3.63) is 96.1 Å². The molecule has 2 aromatic rings. The lowest BCUT2D eigenvalue weighted by molar-refractivity contribution is 0.0319. The van der Waals surface area contributed by atoms with Gasteiger partial charge in [-0.15, -0.1) is 0 Å². The highest BCUT2D eigenvalue weighted by Gasteiger charge is 2.46. The average Bonchev–Trinajstić information content (AvgIpc) is 2.73. The molecule has 148 valence electrons. The van der Waals surface area contributed by atoms with Gasteiger partial charge >= 0.3 is 0 Å². The maximum atomic E-state index is 11.8. The van der Waals surface area contributed by atoms with Crippen LogP contribution in [0.1, 0.15) is 30.9 Å². The zero-order valence-electron chi connectivity index (χ0n) is 17.3. The van der Waals surface area contributed by atoms with E-state index in [1.165, 1.54) is 11.1 Å². The molecule has 4 atom stereocenters. The van der Waals surface area contributed by atoms with E-state index in [1.807, 2.05) is 6.07 Å². The molecule has 0 spiro atoms. The van der Waals surface area contributed by atoms with Crippen molar-refractivity contribution in [2.24, 2.45) is 5.92 Å². The standard InChI is InChI=1S/C26H33NO/c1-21(27(2)3)20-26(23-15-9-5-10-16-23,24-17-11-6-12-18-24)25(28)19-22-13-7-4-8-14-22/h4-17,21,24-25,28H,18-20H2,1-3H3/t21-,24?,25?,26?/m0/s1. The van der Waals surface area contributed by atoms with Gasteiger partial charge in [0.15, 0.2) is 0 Å². The predicted octanol–water partition coefficient (Wildman–Crippen LogP) is 5.00. The van der Waals surface area contributed by atoms with Crippen molar-refractivity contribution in [3.63, 3.8) is 0 Å². The van der Waals surface area contributed by atoms with Crippen LogP contribution >= 0.6 is 0 Å². The van der Waals surface area contributed by atoms with E-state index in [4.69, 9.17) is 0 Å². The molecular formula is C26H33NO. The van der Waals surface area contributed by atoms with Gasteiger partial charge in [-0.05, 0) is 57.3 Å². The van der Waals surface area contributed by atoms with Gasteiger partial charge in [-0.2, -0.15) is 0 Å². The molecule has 0 saturated heterocycles. The summed E-state index contributed by atoms with van der Waals surface area (Å²) in [4.78, 5) is 2.26. The Morgan fingerprint density at radius 1 is 1.00 bits per heavy atom. The van der Waals surface area contributed by atoms with Gasteiger partial charge in [0, 0.05) is 11.5 Å². The number of aliphatic hydroxyl groups excluding tert-OH is 1. The Balaban J connectivity index is 2.08. The third kappa shape index (κ3) is 4.45. The second-order valence-electron chi connectivity index (χ2n) is 8.28. The number of aliphatic hydroxyl groups is 1. The fourth-order valence-corrected chi connectivity index (χ4v) is 4.46. The lowest BCUT2D eigenvalue weighted by atomic mass is 9.60. The summed E-state index contributed by atoms with van der Waals surface area (Å²) >= 11 is 0. The summed E-state index contributed by atoms with van der Waals surface area (Å²) < 4.78 is 0. The number of rotatable bonds is 8. The van der Waals surface area contributed by atoms with E-state index in [9.17, 15) is 5.11 Å². The van der Waals surface area contributed by atoms with Gasteiger partial charge in [-0.25, -0.2) is 0 Å². The molecule has 1 aliphatic carbocycles. The van der Waals surface area contributed by atoms with Crippen LogP contribution in [0.4, 0.5) is 0 Å². The highest BCUT2D eigenvalue weighted by Crippen LogP contribution is 2.45. The fourth-order valence-electron chi connectivity index (χ4n) is 4.46. The second-order valence-corrected chi connectivity index (χ2v) is 8.28. The Labute approximate surface area is 170 Å². The minimum absolute atomic E-state index is 0.265. The molecule has 3 unspecified atom stereocenters. The van der Waals surface area contributed by atoms with Crippen molar-refractivity contribution < 1.29 is 5.11 Å². The van der Waals surface area contributed by atoms with Crippen molar-refractivity contribution in [1.82, 2.24) is 4.90 Å². The zero-order valence-corrected chi connectivity index (χ0v) is 17.3. The van der Waals surface area contributed by atoms with Gasteiger partial charge < -0.3 is 10.0 Å². The van der Waals surface area contributed by atoms with Crippen LogP contribution in [0, 0.1) is 5.92 Å². The van der Waals surface area contributed by atoms with E-state index >= 15 is 0 Å². The Kier molecular flexibility index (Phi) is 6.88. The molecule has 1 aliphatic rings. The summed E-state index contributed by atoms with van der Waals surface area (Å²) in [7, 11) is 4.25. The van der Waals surface area contributed by atoms with Gasteiger partial charge in [-0.1, -0.05) is 85.0 Å². The van der Waals surface area contributed by atoms with Gasteiger partial charge in [0.1, 0.15) is 0 Å². The zero-order chi connectivity index (χ0) is 20.0. The molecule has 2 aromatic carbocycles. The van der Waals surface area contributed by atoms with Gasteiger partial charge in [0.2, 0.25) is 0 Å². The Bertz CT molecular complexity index is 781. The van der Waals surface area contributed by atoms with E-state index in [1.54, 1.807) is 0 Å². The number of benzene rings is 2. The van der Waals surface area contributed by atoms with Crippen molar-refractivity contribution in [2.75, 3.05) is 14.1 Å². The molecule has 0 aliphatic heterocycles. The summed E-state index contributed by atoms with van der Waals surface area (Å²) in [5.74, 6) is 0.265. The summed E-state index contributed by atoms with van der Waals surface area (Å²) in [6.07, 6.45) is 10.8. The molecule has 3 rings (SSSR count). The molecular weight excluding hydrogens is 342 g/mol. The van der Waals surface area contributed by atoms with Crippen LogP contribution in [-0.4, -0.2) is 36.2 Å². The number of hydrogen-bond donors (Lipinski definition) is 1. The quantitative estimate of drug-likeness (QED) is 0.702. The molecule has 0 radical (unpaired) electrons. The molecule has 0 aromatic heterocycles. The summed E-state index contributed by atoms with van der Waals surface area (Å²) in [6.45, 7) is 2.26. The van der Waals surface area contributed by atoms with Crippen molar-refractivity contribution in [2.45, 2.75) is 43.7 Å². The Morgan fingerprint density at radius 3 is 2.21 bits per heavy atom. The third-order valence-corrected chi connectivity index (χ3v) is 6.33. The van der Waals surface area contributed by atoms with Crippen molar-refractivity contribution in [3.8, 4) is 0 Å². The predicted molar refractivity (Wildman–Crippen MR) is 118 cm³/mol. The van der Waals surface area contributed by atoms with Crippen LogP contribution in [0.2, 0.25) is 0 Å². The molecule has 0 amide bonds. The Morgan fingerprint density at radius 2 is 1.64 bits per heavy atom. The summed E-state index contributed by atoms with van der Waals surface area (Å²) in [5, 5.41) is 11.8. The van der Waals surface area contributed by atoms with Crippen molar-refractivity contribution in [1.29, 1.82) is 0 Å². The van der Waals surface area contributed by atoms with E-state index in [2.05, 4.69) is 105 Å². The average molecular weight is 376 g/mol. The first-order chi connectivity index (χ1) is 13.5. The maximum Gasteiger partial charge on any atom is 0.0683 e. The van der Waals surface area contributed by atoms with Crippen LogP contribution in [0.25, 0.3) is 0 Å². The lowest BCUT2D eigenvalue weighted by Crippen LogP contribution is -2.50. The van der Waals surface area contributed by atoms with Crippen LogP contribution < -0.4 is 0 Å². The Hall–Kier alpha value is -2.16. The van der Waals surface area contributed by atoms with E-state index in [-0.39, 0.29) is 11.3 Å². The molecule has 28 heavy (non-hydrogen) atoms. The SMILES string of the molecule is C[C@@H](CC(c1ccccc1)(C(O)Cc1ccccc1)C1C=CC=CC1)N(C)C. The number of hydrogen-bond acceptors (Lipinski definition) is 2. The van der Waals surface area contributed by atoms with Crippen LogP contribution in [0.5, 0.6) is 0 Å². The molecule has 2 heteroatoms. The molecule has 0 fully saturated rings. The topological polar surface area (TPSA) is 23.5 Å². The minimum atomic E-state index is -0.471. The van der Waals surface area contributed by atoms with Crippen LogP contribution in [0.3, 0.4) is 0 Å². The number of allylic oxidation sites excluding steroid dienone is 4. The lowest BCUT2D eigenvalue weighted by Gasteiger charge is -2.47. The first-order valence-corrected chi connectivity index (χ1v) is 10.3. The molecule has 2 nitrogen and oxygen atoms in total. The van der Waals surface area contributed by atoms with Gasteiger partial charge in [-0.3, -0.25) is 0 Å². The molecule has 1 N–H and O–H groups in total. The van der Waals surface area contributed by atoms with E-state index < -0.39 is 6.10 Å². The third-order valence-electron chi connectivity index (χ3n) is 6.33. The normalized spacial score (nSPS) is 20.7. The summed E-state index contributed by atoms with van der Waals surface area (Å²) in [5.41, 5.74) is 2.07. The largest absolute Gasteiger partial charge is 0.392 e. The van der Waals surface area contributed by atoms with Crippen LogP contribution in [0.15, 0.2) is 85.0 Å². The smallest absolute Gasteiger partial charge is 0.0683 e. The monoisotopic (exact) mass is 375 g/mol. The van der Waals surface area contributed by atoms with E-state index in [0.29, 0.717) is 12.5 Å². The number of nitrogens with zero attached hydrogens (tertiary/aromatic N) is 1. The fraction of sp³-hybridized carbons (Fsp3) is 0.385. The minimum Gasteiger partial charge on any atom is -0.392 e. The molecule has 0 saturated carbocycles. The van der Waals surface area contributed by atoms with Gasteiger partial charge in [0.05, 0.1) is 6.10 Å². The highest BCUT2D eigenvalue weighted by molar-refractivity contribution is 5.34. The molecule has 0 bridgehead atoms.